The molecule has 1 nitrogen and oxygen atoms in total. The van der Waals surface area contributed by atoms with Gasteiger partial charge in [0.25, 0.3) is 0 Å². The van der Waals surface area contributed by atoms with Crippen LogP contribution in [0.5, 0.6) is 0 Å². The zero-order chi connectivity index (χ0) is 12.1. The molecular weight excluding hydrogens is 225 g/mol. The van der Waals surface area contributed by atoms with E-state index in [0.29, 0.717) is 5.92 Å². The van der Waals surface area contributed by atoms with Crippen molar-refractivity contribution in [1.82, 2.24) is 0 Å². The highest BCUT2D eigenvalue weighted by atomic mass is 35.5. The largest absolute Gasteiger partial charge is 0.327 e. The van der Waals surface area contributed by atoms with Gasteiger partial charge in [-0.25, -0.2) is 4.39 Å². The summed E-state index contributed by atoms with van der Waals surface area (Å²) in [5.74, 6) is 0.144. The Morgan fingerprint density at radius 3 is 2.44 bits per heavy atom. The monoisotopic (exact) mass is 243 g/mol. The summed E-state index contributed by atoms with van der Waals surface area (Å²) in [6, 6.07) is 4.94. The maximum Gasteiger partial charge on any atom is 0.141 e. The Kier molecular flexibility index (Phi) is 5.23. The van der Waals surface area contributed by atoms with Gasteiger partial charge in [-0.1, -0.05) is 44.4 Å². The van der Waals surface area contributed by atoms with E-state index in [4.69, 9.17) is 17.3 Å². The van der Waals surface area contributed by atoms with Gasteiger partial charge < -0.3 is 5.73 Å². The van der Waals surface area contributed by atoms with Crippen LogP contribution >= 0.6 is 11.6 Å². The van der Waals surface area contributed by atoms with Crippen LogP contribution in [0, 0.1) is 11.7 Å². The molecule has 0 aliphatic rings. The van der Waals surface area contributed by atoms with Crippen LogP contribution in [-0.2, 0) is 6.42 Å². The number of benzene rings is 1. The molecule has 90 valence electrons. The molecule has 1 unspecified atom stereocenters. The molecule has 0 heterocycles. The van der Waals surface area contributed by atoms with Crippen LogP contribution < -0.4 is 5.73 Å². The van der Waals surface area contributed by atoms with E-state index in [-0.39, 0.29) is 16.9 Å². The summed E-state index contributed by atoms with van der Waals surface area (Å²) in [6.45, 7) is 4.29. The highest BCUT2D eigenvalue weighted by Crippen LogP contribution is 2.20. The van der Waals surface area contributed by atoms with E-state index >= 15 is 0 Å². The average Bonchev–Trinajstić information content (AvgIpc) is 2.25. The van der Waals surface area contributed by atoms with Gasteiger partial charge in [0.2, 0.25) is 0 Å². The van der Waals surface area contributed by atoms with Gasteiger partial charge in [0, 0.05) is 6.04 Å². The van der Waals surface area contributed by atoms with Crippen molar-refractivity contribution in [3.63, 3.8) is 0 Å². The van der Waals surface area contributed by atoms with Crippen molar-refractivity contribution in [2.45, 2.75) is 39.2 Å². The van der Waals surface area contributed by atoms with Gasteiger partial charge in [0.1, 0.15) is 5.82 Å². The van der Waals surface area contributed by atoms with Crippen LogP contribution in [0.2, 0.25) is 5.02 Å². The second-order valence-electron chi connectivity index (χ2n) is 4.19. The highest BCUT2D eigenvalue weighted by Gasteiger charge is 2.14. The van der Waals surface area contributed by atoms with E-state index in [1.807, 2.05) is 0 Å². The minimum atomic E-state index is -0.374. The van der Waals surface area contributed by atoms with Crippen molar-refractivity contribution in [3.8, 4) is 0 Å². The molecule has 16 heavy (non-hydrogen) atoms. The summed E-state index contributed by atoms with van der Waals surface area (Å²) in [6.07, 6.45) is 2.91. The lowest BCUT2D eigenvalue weighted by molar-refractivity contribution is 0.393. The fraction of sp³-hybridized carbons (Fsp3) is 0.538. The number of nitrogens with two attached hydrogens (primary N) is 1. The molecule has 0 saturated carbocycles. The quantitative estimate of drug-likeness (QED) is 0.837. The number of rotatable bonds is 5. The fourth-order valence-corrected chi connectivity index (χ4v) is 2.20. The molecule has 0 saturated heterocycles. The number of hydrogen-bond donors (Lipinski definition) is 1. The third kappa shape index (κ3) is 3.46. The summed E-state index contributed by atoms with van der Waals surface area (Å²) in [5.41, 5.74) is 7.13. The normalized spacial score (nSPS) is 13.1. The molecule has 0 bridgehead atoms. The van der Waals surface area contributed by atoms with E-state index in [9.17, 15) is 4.39 Å². The van der Waals surface area contributed by atoms with Gasteiger partial charge in [0.15, 0.2) is 0 Å². The van der Waals surface area contributed by atoms with Crippen LogP contribution in [-0.4, -0.2) is 6.04 Å². The van der Waals surface area contributed by atoms with Crippen molar-refractivity contribution in [1.29, 1.82) is 0 Å². The predicted octanol–water partition coefficient (Wildman–Crippen LogP) is 3.79. The third-order valence-electron chi connectivity index (χ3n) is 3.11. The minimum Gasteiger partial charge on any atom is -0.327 e. The standard InChI is InChI=1S/C13H19ClFN/c1-3-10(4-2)13(16)8-9-5-6-12(15)11(14)7-9/h5-7,10,13H,3-4,8,16H2,1-2H3. The second kappa shape index (κ2) is 6.21. The molecule has 1 aromatic carbocycles. The van der Waals surface area contributed by atoms with E-state index in [1.165, 1.54) is 6.07 Å². The summed E-state index contributed by atoms with van der Waals surface area (Å²) in [5, 5.41) is 0.175. The van der Waals surface area contributed by atoms with Crippen LogP contribution in [0.15, 0.2) is 18.2 Å². The summed E-state index contributed by atoms with van der Waals surface area (Å²) in [7, 11) is 0. The average molecular weight is 244 g/mol. The molecule has 1 aromatic rings. The topological polar surface area (TPSA) is 26.0 Å². The highest BCUT2D eigenvalue weighted by molar-refractivity contribution is 6.30. The summed E-state index contributed by atoms with van der Waals surface area (Å²) < 4.78 is 13.0. The molecule has 0 radical (unpaired) electrons. The first kappa shape index (κ1) is 13.5. The first-order valence-corrected chi connectivity index (χ1v) is 6.15. The van der Waals surface area contributed by atoms with Crippen LogP contribution in [0.3, 0.4) is 0 Å². The lowest BCUT2D eigenvalue weighted by Crippen LogP contribution is -2.31. The zero-order valence-corrected chi connectivity index (χ0v) is 10.6. The molecule has 0 spiro atoms. The van der Waals surface area contributed by atoms with Gasteiger partial charge in [-0.05, 0) is 30.0 Å². The Morgan fingerprint density at radius 2 is 1.94 bits per heavy atom. The molecular formula is C13H19ClFN. The predicted molar refractivity (Wildman–Crippen MR) is 67.2 cm³/mol. The first-order chi connectivity index (χ1) is 7.58. The number of halogens is 2. The van der Waals surface area contributed by atoms with Gasteiger partial charge in [0.05, 0.1) is 5.02 Å². The Bertz CT molecular complexity index is 337. The third-order valence-corrected chi connectivity index (χ3v) is 3.40. The molecule has 1 rings (SSSR count). The molecule has 0 aromatic heterocycles. The van der Waals surface area contributed by atoms with Gasteiger partial charge in [-0.3, -0.25) is 0 Å². The number of hydrogen-bond acceptors (Lipinski definition) is 1. The van der Waals surface area contributed by atoms with Crippen molar-refractivity contribution in [2.24, 2.45) is 11.7 Å². The Labute approximate surface area is 102 Å². The zero-order valence-electron chi connectivity index (χ0n) is 9.84. The lowest BCUT2D eigenvalue weighted by Gasteiger charge is -2.21. The molecule has 2 N–H and O–H groups in total. The smallest absolute Gasteiger partial charge is 0.141 e. The van der Waals surface area contributed by atoms with Gasteiger partial charge in [-0.15, -0.1) is 0 Å². The Hall–Kier alpha value is -0.600. The van der Waals surface area contributed by atoms with Crippen LogP contribution in [0.1, 0.15) is 32.3 Å². The SMILES string of the molecule is CCC(CC)C(N)Cc1ccc(F)c(Cl)c1. The molecule has 0 fully saturated rings. The second-order valence-corrected chi connectivity index (χ2v) is 4.60. The summed E-state index contributed by atoms with van der Waals surface area (Å²) in [4.78, 5) is 0. The Balaban J connectivity index is 2.69. The maximum absolute atomic E-state index is 13.0. The van der Waals surface area contributed by atoms with Crippen molar-refractivity contribution < 1.29 is 4.39 Å². The maximum atomic E-state index is 13.0. The van der Waals surface area contributed by atoms with Gasteiger partial charge >= 0.3 is 0 Å². The first-order valence-electron chi connectivity index (χ1n) is 5.78. The summed E-state index contributed by atoms with van der Waals surface area (Å²) >= 11 is 5.73. The van der Waals surface area contributed by atoms with Crippen LogP contribution in [0.4, 0.5) is 4.39 Å². The fourth-order valence-electron chi connectivity index (χ4n) is 2.00. The molecule has 1 atom stereocenters. The lowest BCUT2D eigenvalue weighted by atomic mass is 9.90. The van der Waals surface area contributed by atoms with Gasteiger partial charge in [-0.2, -0.15) is 0 Å². The Morgan fingerprint density at radius 1 is 1.31 bits per heavy atom. The molecule has 0 amide bonds. The molecule has 3 heteroatoms. The van der Waals surface area contributed by atoms with Crippen molar-refractivity contribution in [3.05, 3.63) is 34.6 Å². The minimum absolute atomic E-state index is 0.122. The molecule has 0 aliphatic carbocycles. The van der Waals surface area contributed by atoms with Crippen LogP contribution in [0.25, 0.3) is 0 Å². The van der Waals surface area contributed by atoms with E-state index in [1.54, 1.807) is 12.1 Å². The van der Waals surface area contributed by atoms with Crippen molar-refractivity contribution in [2.75, 3.05) is 0 Å². The van der Waals surface area contributed by atoms with E-state index < -0.39 is 0 Å². The van der Waals surface area contributed by atoms with Crippen molar-refractivity contribution >= 4 is 11.6 Å². The van der Waals surface area contributed by atoms with E-state index in [2.05, 4.69) is 13.8 Å². The molecule has 0 aliphatic heterocycles. The van der Waals surface area contributed by atoms with E-state index in [0.717, 1.165) is 24.8 Å².